The van der Waals surface area contributed by atoms with Crippen LogP contribution in [-0.4, -0.2) is 52.3 Å². The molecule has 0 rings (SSSR count). The van der Waals surface area contributed by atoms with Gasteiger partial charge < -0.3 is 7.96 Å². The van der Waals surface area contributed by atoms with Gasteiger partial charge in [0.1, 0.15) is 0 Å². The summed E-state index contributed by atoms with van der Waals surface area (Å²) in [6.07, 6.45) is -20.6. The topological polar surface area (TPSA) is 20.2 Å². The summed E-state index contributed by atoms with van der Waals surface area (Å²) in [6, 6.07) is 0. The van der Waals surface area contributed by atoms with Crippen molar-refractivity contribution in [1.82, 2.24) is 0 Å². The minimum atomic E-state index is -6.87. The molecular formula is C4H3F9MgO. The Balaban J connectivity index is -0.000000282. The molecule has 0 aliphatic rings. The van der Waals surface area contributed by atoms with Crippen LogP contribution in [0.3, 0.4) is 0 Å². The normalized spacial score (nSPS) is 14.8. The number of halogens is 9. The van der Waals surface area contributed by atoms with Crippen molar-refractivity contribution in [3.05, 3.63) is 0 Å². The third-order valence-electron chi connectivity index (χ3n) is 1.23. The Bertz CT molecular complexity index is 184. The SMILES string of the molecule is OC(C(F)(F)F)(C(F)(F)F)C(F)(F)F.[H-].[H-].[Mg+2]. The van der Waals surface area contributed by atoms with E-state index < -0.39 is 24.1 Å². The predicted octanol–water partition coefficient (Wildman–Crippen LogP) is 2.25. The van der Waals surface area contributed by atoms with Crippen molar-refractivity contribution in [2.24, 2.45) is 0 Å². The number of rotatable bonds is 0. The van der Waals surface area contributed by atoms with E-state index in [9.17, 15) is 39.5 Å². The molecule has 0 aromatic carbocycles. The fraction of sp³-hybridized carbons (Fsp3) is 1.00. The molecule has 1 N–H and O–H groups in total. The van der Waals surface area contributed by atoms with E-state index in [-0.39, 0.29) is 25.9 Å². The molecule has 0 bridgehead atoms. The summed E-state index contributed by atoms with van der Waals surface area (Å²) in [6.45, 7) is 0. The van der Waals surface area contributed by atoms with E-state index in [1.54, 1.807) is 0 Å². The average molecular weight is 262 g/mol. The molecule has 0 spiro atoms. The predicted molar refractivity (Wildman–Crippen MR) is 31.1 cm³/mol. The van der Waals surface area contributed by atoms with Gasteiger partial charge in [0.25, 0.3) is 0 Å². The van der Waals surface area contributed by atoms with Crippen molar-refractivity contribution in [3.63, 3.8) is 0 Å². The summed E-state index contributed by atoms with van der Waals surface area (Å²) in [5.74, 6) is 0. The summed E-state index contributed by atoms with van der Waals surface area (Å²) in [5.41, 5.74) is -6.69. The zero-order valence-electron chi connectivity index (χ0n) is 8.56. The molecule has 0 aliphatic heterocycles. The summed E-state index contributed by atoms with van der Waals surface area (Å²) < 4.78 is 103. The Labute approximate surface area is 95.4 Å². The van der Waals surface area contributed by atoms with Crippen molar-refractivity contribution in [1.29, 1.82) is 0 Å². The summed E-state index contributed by atoms with van der Waals surface area (Å²) >= 11 is 0. The summed E-state index contributed by atoms with van der Waals surface area (Å²) in [5, 5.41) is 7.65. The second kappa shape index (κ2) is 4.16. The van der Waals surface area contributed by atoms with E-state index in [0.717, 1.165) is 0 Å². The van der Waals surface area contributed by atoms with Crippen LogP contribution in [0.5, 0.6) is 0 Å². The standard InChI is InChI=1S/C4HF9O.Mg.2H/c5-2(6,7)1(14,3(8,9)10)4(11,12)13;;;/h14H;;;/q;+2;2*-1. The first-order valence-electron chi connectivity index (χ1n) is 2.67. The molecule has 0 heterocycles. The molecule has 0 saturated heterocycles. The maximum Gasteiger partial charge on any atom is 2.00 e. The third kappa shape index (κ3) is 2.81. The quantitative estimate of drug-likeness (QED) is 0.524. The van der Waals surface area contributed by atoms with Crippen LogP contribution in [0, 0.1) is 0 Å². The fourth-order valence-corrected chi connectivity index (χ4v) is 0.482. The van der Waals surface area contributed by atoms with Crippen LogP contribution < -0.4 is 0 Å². The Morgan fingerprint density at radius 2 is 0.733 bits per heavy atom. The van der Waals surface area contributed by atoms with Crippen LogP contribution in [0.25, 0.3) is 0 Å². The largest absolute Gasteiger partial charge is 2.00 e. The first kappa shape index (κ1) is 17.5. The molecule has 0 aliphatic carbocycles. The van der Waals surface area contributed by atoms with Crippen LogP contribution in [0.2, 0.25) is 0 Å². The van der Waals surface area contributed by atoms with Crippen molar-refractivity contribution in [2.45, 2.75) is 24.1 Å². The second-order valence-electron chi connectivity index (χ2n) is 2.20. The van der Waals surface area contributed by atoms with Gasteiger partial charge in [-0.3, -0.25) is 0 Å². The minimum absolute atomic E-state index is 0. The Kier molecular flexibility index (Phi) is 4.85. The number of hydrogen-bond acceptors (Lipinski definition) is 1. The van der Waals surface area contributed by atoms with E-state index in [0.29, 0.717) is 0 Å². The molecule has 11 heteroatoms. The van der Waals surface area contributed by atoms with Crippen LogP contribution in [0.4, 0.5) is 39.5 Å². The molecule has 0 aromatic rings. The molecule has 0 atom stereocenters. The number of alkyl halides is 9. The van der Waals surface area contributed by atoms with Crippen LogP contribution in [0.15, 0.2) is 0 Å². The minimum Gasteiger partial charge on any atom is -1.00 e. The van der Waals surface area contributed by atoms with Crippen LogP contribution in [0.1, 0.15) is 2.85 Å². The Morgan fingerprint density at radius 3 is 0.733 bits per heavy atom. The average Bonchev–Trinajstić information content (AvgIpc) is 1.77. The van der Waals surface area contributed by atoms with Gasteiger partial charge in [0.2, 0.25) is 0 Å². The smallest absolute Gasteiger partial charge is 1.00 e. The Morgan fingerprint density at radius 1 is 0.600 bits per heavy atom. The van der Waals surface area contributed by atoms with Gasteiger partial charge in [-0.25, -0.2) is 0 Å². The molecule has 0 fully saturated rings. The second-order valence-corrected chi connectivity index (χ2v) is 2.20. The van der Waals surface area contributed by atoms with Gasteiger partial charge in [-0.2, -0.15) is 39.5 Å². The van der Waals surface area contributed by atoms with Gasteiger partial charge in [-0.1, -0.05) is 0 Å². The van der Waals surface area contributed by atoms with Crippen molar-refractivity contribution >= 4 is 23.1 Å². The molecule has 0 amide bonds. The molecule has 0 unspecified atom stereocenters. The zero-order chi connectivity index (χ0) is 12.0. The fourth-order valence-electron chi connectivity index (χ4n) is 0.482. The van der Waals surface area contributed by atoms with Crippen molar-refractivity contribution in [2.75, 3.05) is 0 Å². The van der Waals surface area contributed by atoms with Crippen LogP contribution in [-0.2, 0) is 0 Å². The Hall–Kier alpha value is 0.0962. The van der Waals surface area contributed by atoms with Gasteiger partial charge in [0.15, 0.2) is 0 Å². The van der Waals surface area contributed by atoms with Crippen molar-refractivity contribution in [3.8, 4) is 0 Å². The van der Waals surface area contributed by atoms with E-state index in [2.05, 4.69) is 0 Å². The molecule has 1 nitrogen and oxygen atoms in total. The van der Waals surface area contributed by atoms with E-state index in [1.165, 1.54) is 0 Å². The van der Waals surface area contributed by atoms with Gasteiger partial charge in [0, 0.05) is 0 Å². The molecular weight excluding hydrogens is 259 g/mol. The van der Waals surface area contributed by atoms with Crippen LogP contribution >= 0.6 is 0 Å². The number of hydrogen-bond donors (Lipinski definition) is 1. The maximum atomic E-state index is 11.4. The first-order chi connectivity index (χ1) is 5.75. The third-order valence-corrected chi connectivity index (χ3v) is 1.23. The van der Waals surface area contributed by atoms with Gasteiger partial charge in [0.05, 0.1) is 0 Å². The number of aliphatic hydroxyl groups is 1. The van der Waals surface area contributed by atoms with Gasteiger partial charge in [-0.15, -0.1) is 0 Å². The van der Waals surface area contributed by atoms with E-state index in [1.807, 2.05) is 0 Å². The summed E-state index contributed by atoms with van der Waals surface area (Å²) in [7, 11) is 0. The molecule has 0 radical (unpaired) electrons. The van der Waals surface area contributed by atoms with Gasteiger partial charge >= 0.3 is 47.2 Å². The molecule has 90 valence electrons. The molecule has 0 saturated carbocycles. The van der Waals surface area contributed by atoms with Crippen molar-refractivity contribution < 1.29 is 47.5 Å². The van der Waals surface area contributed by atoms with E-state index >= 15 is 0 Å². The monoisotopic (exact) mass is 262 g/mol. The zero-order valence-corrected chi connectivity index (χ0v) is 7.97. The first-order valence-corrected chi connectivity index (χ1v) is 2.67. The molecule has 15 heavy (non-hydrogen) atoms. The molecule has 0 aromatic heterocycles. The van der Waals surface area contributed by atoms with Gasteiger partial charge in [-0.05, 0) is 0 Å². The van der Waals surface area contributed by atoms with E-state index in [4.69, 9.17) is 5.11 Å². The summed E-state index contributed by atoms with van der Waals surface area (Å²) in [4.78, 5) is 0. The maximum absolute atomic E-state index is 11.4.